The summed E-state index contributed by atoms with van der Waals surface area (Å²) in [7, 11) is 0. The van der Waals surface area contributed by atoms with Crippen LogP contribution in [0.3, 0.4) is 0 Å². The molecule has 0 radical (unpaired) electrons. The van der Waals surface area contributed by atoms with Crippen LogP contribution in [0, 0.1) is 36.5 Å². The minimum Gasteiger partial charge on any atom is -0.668 e. The first-order valence-corrected chi connectivity index (χ1v) is 11.2. The van der Waals surface area contributed by atoms with Crippen molar-refractivity contribution < 1.29 is 33.3 Å². The van der Waals surface area contributed by atoms with Crippen LogP contribution in [0.5, 0.6) is 0 Å². The molecule has 1 aromatic heterocycles. The van der Waals surface area contributed by atoms with Crippen molar-refractivity contribution in [3.63, 3.8) is 0 Å². The largest absolute Gasteiger partial charge is 3.00 e. The fraction of sp³-hybridized carbons (Fsp3) is 0.138. The second-order valence-electron chi connectivity index (χ2n) is 8.33. The molecule has 1 unspecified atom stereocenters. The van der Waals surface area contributed by atoms with Gasteiger partial charge in [0.15, 0.2) is 0 Å². The van der Waals surface area contributed by atoms with Gasteiger partial charge in [0.25, 0.3) is 0 Å². The molecule has 0 aliphatic carbocycles. The monoisotopic (exact) mass is 661 g/mol. The molecule has 1 atom stereocenters. The second-order valence-corrected chi connectivity index (χ2v) is 8.33. The molecule has 3 heterocycles. The van der Waals surface area contributed by atoms with Gasteiger partial charge in [-0.25, -0.2) is 8.78 Å². The number of pyridine rings is 1. The molecule has 3 nitrogen and oxygen atoms in total. The van der Waals surface area contributed by atoms with Crippen molar-refractivity contribution >= 4 is 0 Å². The quantitative estimate of drug-likeness (QED) is 0.169. The van der Waals surface area contributed by atoms with Crippen molar-refractivity contribution in [1.29, 1.82) is 0 Å². The smallest absolute Gasteiger partial charge is 0.668 e. The number of halogens is 3. The van der Waals surface area contributed by atoms with E-state index in [-0.39, 0.29) is 31.8 Å². The van der Waals surface area contributed by atoms with Crippen LogP contribution in [-0.4, -0.2) is 16.4 Å². The molecule has 0 bridgehead atoms. The summed E-state index contributed by atoms with van der Waals surface area (Å²) in [6.07, 6.45) is 6.90. The van der Waals surface area contributed by atoms with Gasteiger partial charge in [-0.15, -0.1) is 17.7 Å². The topological polar surface area (TPSA) is 30.2 Å². The molecule has 4 aromatic rings. The molecule has 2 aliphatic heterocycles. The third-order valence-corrected chi connectivity index (χ3v) is 6.06. The zero-order valence-corrected chi connectivity index (χ0v) is 21.7. The van der Waals surface area contributed by atoms with E-state index in [1.54, 1.807) is 12.3 Å². The van der Waals surface area contributed by atoms with Gasteiger partial charge in [0.1, 0.15) is 5.82 Å². The van der Waals surface area contributed by atoms with Gasteiger partial charge in [-0.3, -0.25) is 4.39 Å². The Bertz CT molecular complexity index is 1370. The molecule has 3 aromatic carbocycles. The molecule has 2 aliphatic rings. The van der Waals surface area contributed by atoms with Crippen molar-refractivity contribution in [3.05, 3.63) is 131 Å². The van der Waals surface area contributed by atoms with E-state index >= 15 is 0 Å². The standard InChI is InChI=1S/C18H11F3N.C11H10N2.Ir/c1-11-10-22-17(9-14(11)12-5-3-2-4-6-12)13-7-15(19)18(21)16(20)8-13;1-2-4-10-9(3-1)5-7-13-8-6-12-11(10)13;/h2-7,9-10H,1H3;1-3,6,8,11H,5,7H2;/q-1;-2;+3. The SMILES string of the molecule is Cc1cnc(-c2[c-]c(F)c(F)c(F)c2)cc1-c1ccccc1.[Ir+3].[c-]1cccc2c1C1[N-]C=CN1CC2. The van der Waals surface area contributed by atoms with Crippen molar-refractivity contribution in [2.24, 2.45) is 0 Å². The van der Waals surface area contributed by atoms with E-state index in [1.165, 1.54) is 11.1 Å². The number of benzene rings is 3. The Morgan fingerprint density at radius 3 is 2.64 bits per heavy atom. The minimum atomic E-state index is -1.53. The molecule has 6 rings (SSSR count). The third-order valence-electron chi connectivity index (χ3n) is 6.06. The number of rotatable bonds is 2. The van der Waals surface area contributed by atoms with E-state index in [2.05, 4.69) is 45.7 Å². The molecular formula is C29H21F3IrN3. The summed E-state index contributed by atoms with van der Waals surface area (Å²) in [6, 6.07) is 23.8. The molecule has 36 heavy (non-hydrogen) atoms. The van der Waals surface area contributed by atoms with E-state index in [4.69, 9.17) is 0 Å². The average molecular weight is 661 g/mol. The van der Waals surface area contributed by atoms with Crippen LogP contribution in [0.1, 0.15) is 22.9 Å². The van der Waals surface area contributed by atoms with Crippen LogP contribution >= 0.6 is 0 Å². The summed E-state index contributed by atoms with van der Waals surface area (Å²) in [4.78, 5) is 6.42. The van der Waals surface area contributed by atoms with Gasteiger partial charge in [0.2, 0.25) is 0 Å². The summed E-state index contributed by atoms with van der Waals surface area (Å²) < 4.78 is 39.7. The first-order chi connectivity index (χ1) is 17.0. The van der Waals surface area contributed by atoms with E-state index in [9.17, 15) is 13.2 Å². The molecule has 0 fully saturated rings. The summed E-state index contributed by atoms with van der Waals surface area (Å²) in [6.45, 7) is 2.98. The molecule has 0 saturated carbocycles. The van der Waals surface area contributed by atoms with Crippen LogP contribution < -0.4 is 0 Å². The van der Waals surface area contributed by atoms with Crippen molar-refractivity contribution in [2.75, 3.05) is 6.54 Å². The molecule has 0 saturated heterocycles. The predicted molar refractivity (Wildman–Crippen MR) is 129 cm³/mol. The Kier molecular flexibility index (Phi) is 7.92. The van der Waals surface area contributed by atoms with Gasteiger partial charge in [0.05, 0.1) is 11.6 Å². The Balaban J connectivity index is 0.000000185. The molecule has 0 spiro atoms. The zero-order chi connectivity index (χ0) is 24.4. The van der Waals surface area contributed by atoms with Crippen molar-refractivity contribution in [2.45, 2.75) is 19.5 Å². The van der Waals surface area contributed by atoms with Crippen LogP contribution in [0.4, 0.5) is 13.2 Å². The maximum absolute atomic E-state index is 13.4. The fourth-order valence-corrected chi connectivity index (χ4v) is 4.24. The minimum absolute atomic E-state index is 0. The Hall–Kier alpha value is -3.41. The maximum atomic E-state index is 13.4. The van der Waals surface area contributed by atoms with Crippen molar-refractivity contribution in [3.8, 4) is 22.4 Å². The number of fused-ring (bicyclic) bond motifs is 3. The van der Waals surface area contributed by atoms with Gasteiger partial charge in [0, 0.05) is 12.7 Å². The zero-order valence-electron chi connectivity index (χ0n) is 19.3. The van der Waals surface area contributed by atoms with Crippen LogP contribution in [0.15, 0.2) is 79.3 Å². The van der Waals surface area contributed by atoms with Gasteiger partial charge in [-0.1, -0.05) is 42.8 Å². The first-order valence-electron chi connectivity index (χ1n) is 11.2. The van der Waals surface area contributed by atoms with Crippen LogP contribution in [0.25, 0.3) is 27.7 Å². The number of aromatic nitrogens is 1. The number of hydrogen-bond donors (Lipinski definition) is 0. The normalized spacial score (nSPS) is 15.1. The van der Waals surface area contributed by atoms with Crippen molar-refractivity contribution in [1.82, 2.24) is 9.88 Å². The average Bonchev–Trinajstić information content (AvgIpc) is 3.38. The number of aryl methyl sites for hydroxylation is 1. The van der Waals surface area contributed by atoms with E-state index in [1.807, 2.05) is 49.5 Å². The van der Waals surface area contributed by atoms with Gasteiger partial charge in [-0.05, 0) is 41.7 Å². The molecule has 0 amide bonds. The summed E-state index contributed by atoms with van der Waals surface area (Å²) >= 11 is 0. The predicted octanol–water partition coefficient (Wildman–Crippen LogP) is 7.14. The van der Waals surface area contributed by atoms with E-state index < -0.39 is 17.5 Å². The second kappa shape index (κ2) is 11.1. The van der Waals surface area contributed by atoms with E-state index in [0.717, 1.165) is 35.7 Å². The van der Waals surface area contributed by atoms with E-state index in [0.29, 0.717) is 5.69 Å². The number of hydrogen-bond acceptors (Lipinski definition) is 2. The molecular weight excluding hydrogens is 640 g/mol. The van der Waals surface area contributed by atoms with Crippen LogP contribution in [-0.2, 0) is 26.5 Å². The Labute approximate surface area is 222 Å². The first kappa shape index (κ1) is 25.7. The third kappa shape index (κ3) is 5.23. The molecule has 182 valence electrons. The molecule has 0 N–H and O–H groups in total. The van der Waals surface area contributed by atoms with Gasteiger partial charge >= 0.3 is 20.1 Å². The Morgan fingerprint density at radius 2 is 1.86 bits per heavy atom. The summed E-state index contributed by atoms with van der Waals surface area (Å²) in [5.41, 5.74) is 5.85. The van der Waals surface area contributed by atoms with Crippen LogP contribution in [0.2, 0.25) is 0 Å². The maximum Gasteiger partial charge on any atom is 3.00 e. The Morgan fingerprint density at radius 1 is 1.06 bits per heavy atom. The summed E-state index contributed by atoms with van der Waals surface area (Å²) in [5, 5.41) is 4.41. The van der Waals surface area contributed by atoms with Gasteiger partial charge < -0.3 is 15.2 Å². The molecule has 7 heteroatoms. The fourth-order valence-electron chi connectivity index (χ4n) is 4.24. The number of nitrogens with zero attached hydrogens (tertiary/aromatic N) is 3. The van der Waals surface area contributed by atoms with Gasteiger partial charge in [-0.2, -0.15) is 41.6 Å². The summed E-state index contributed by atoms with van der Waals surface area (Å²) in [5.74, 6) is -4.13.